The Morgan fingerprint density at radius 2 is 1.93 bits per heavy atom. The van der Waals surface area contributed by atoms with Crippen LogP contribution in [0.1, 0.15) is 35.8 Å². The summed E-state index contributed by atoms with van der Waals surface area (Å²) in [6, 6.07) is 12.0. The predicted molar refractivity (Wildman–Crippen MR) is 112 cm³/mol. The molecule has 0 bridgehead atoms. The van der Waals surface area contributed by atoms with Crippen LogP contribution in [-0.2, 0) is 6.42 Å². The highest BCUT2D eigenvalue weighted by Crippen LogP contribution is 2.37. The lowest BCUT2D eigenvalue weighted by Crippen LogP contribution is -2.48. The Kier molecular flexibility index (Phi) is 4.59. The van der Waals surface area contributed by atoms with E-state index >= 15 is 0 Å². The third-order valence-corrected chi connectivity index (χ3v) is 6.61. The van der Waals surface area contributed by atoms with Crippen LogP contribution in [0.4, 0.5) is 5.82 Å². The fourth-order valence-electron chi connectivity index (χ4n) is 4.58. The summed E-state index contributed by atoms with van der Waals surface area (Å²) in [5, 5.41) is 5.36. The van der Waals surface area contributed by atoms with Crippen molar-refractivity contribution in [3.63, 3.8) is 0 Å². The SMILES string of the molecule is C[C@]1(CCN2CCN(c3noc4ccccc34)CC2)CCc2cccnc2C1=O. The molecule has 0 N–H and O–H groups in total. The smallest absolute Gasteiger partial charge is 0.187 e. The van der Waals surface area contributed by atoms with E-state index < -0.39 is 0 Å². The molecule has 2 aromatic heterocycles. The van der Waals surface area contributed by atoms with Crippen LogP contribution in [0.5, 0.6) is 0 Å². The summed E-state index contributed by atoms with van der Waals surface area (Å²) >= 11 is 0. The maximum absolute atomic E-state index is 13.0. The number of hydrogen-bond acceptors (Lipinski definition) is 6. The molecule has 1 atom stereocenters. The highest BCUT2D eigenvalue weighted by molar-refractivity contribution is 6.00. The fourth-order valence-corrected chi connectivity index (χ4v) is 4.58. The first-order chi connectivity index (χ1) is 14.1. The van der Waals surface area contributed by atoms with Crippen molar-refractivity contribution < 1.29 is 9.32 Å². The molecule has 1 aliphatic carbocycles. The van der Waals surface area contributed by atoms with Gasteiger partial charge in [-0.1, -0.05) is 30.3 Å². The van der Waals surface area contributed by atoms with Crippen LogP contribution in [0.3, 0.4) is 0 Å². The summed E-state index contributed by atoms with van der Waals surface area (Å²) in [6.45, 7) is 6.85. The monoisotopic (exact) mass is 390 g/mol. The van der Waals surface area contributed by atoms with Crippen molar-refractivity contribution in [2.75, 3.05) is 37.6 Å². The van der Waals surface area contributed by atoms with Gasteiger partial charge in [0.2, 0.25) is 0 Å². The number of carbonyl (C=O) groups is 1. The van der Waals surface area contributed by atoms with Gasteiger partial charge in [-0.05, 0) is 49.6 Å². The molecule has 5 rings (SSSR count). The quantitative estimate of drug-likeness (QED) is 0.679. The number of piperazine rings is 1. The van der Waals surface area contributed by atoms with Gasteiger partial charge < -0.3 is 9.42 Å². The van der Waals surface area contributed by atoms with E-state index in [4.69, 9.17) is 4.52 Å². The van der Waals surface area contributed by atoms with Crippen LogP contribution in [0.15, 0.2) is 47.1 Å². The van der Waals surface area contributed by atoms with Crippen molar-refractivity contribution in [1.82, 2.24) is 15.0 Å². The van der Waals surface area contributed by atoms with Crippen molar-refractivity contribution in [2.45, 2.75) is 26.2 Å². The topological polar surface area (TPSA) is 62.5 Å². The summed E-state index contributed by atoms with van der Waals surface area (Å²) in [6.07, 6.45) is 4.47. The van der Waals surface area contributed by atoms with Crippen molar-refractivity contribution in [3.05, 3.63) is 53.9 Å². The molecule has 2 aliphatic rings. The van der Waals surface area contributed by atoms with Crippen molar-refractivity contribution >= 4 is 22.6 Å². The van der Waals surface area contributed by atoms with Crippen molar-refractivity contribution in [3.8, 4) is 0 Å². The van der Waals surface area contributed by atoms with E-state index in [1.165, 1.54) is 0 Å². The maximum atomic E-state index is 13.0. The number of Topliss-reactive ketones (excluding diaryl/α,β-unsaturated/α-hetero) is 1. The molecule has 3 heterocycles. The minimum Gasteiger partial charge on any atom is -0.354 e. The van der Waals surface area contributed by atoms with Gasteiger partial charge in [0.15, 0.2) is 17.2 Å². The zero-order valence-corrected chi connectivity index (χ0v) is 16.8. The normalized spacial score (nSPS) is 22.8. The first-order valence-corrected chi connectivity index (χ1v) is 10.4. The second-order valence-electron chi connectivity index (χ2n) is 8.48. The number of carbonyl (C=O) groups excluding carboxylic acids is 1. The summed E-state index contributed by atoms with van der Waals surface area (Å²) in [5.41, 5.74) is 2.32. The van der Waals surface area contributed by atoms with Crippen LogP contribution in [0, 0.1) is 5.41 Å². The van der Waals surface area contributed by atoms with Gasteiger partial charge in [-0.3, -0.25) is 14.7 Å². The van der Waals surface area contributed by atoms with Gasteiger partial charge in [-0.15, -0.1) is 0 Å². The van der Waals surface area contributed by atoms with Gasteiger partial charge in [0, 0.05) is 37.8 Å². The Labute approximate surface area is 170 Å². The predicted octanol–water partition coefficient (Wildman–Crippen LogP) is 3.57. The van der Waals surface area contributed by atoms with E-state index in [0.29, 0.717) is 5.69 Å². The van der Waals surface area contributed by atoms with Crippen LogP contribution >= 0.6 is 0 Å². The lowest BCUT2D eigenvalue weighted by atomic mass is 9.71. The molecule has 0 radical (unpaired) electrons. The molecule has 1 aliphatic heterocycles. The standard InChI is InChI=1S/C23H26N4O2/c1-23(9-8-17-5-4-11-24-20(17)21(23)28)10-12-26-13-15-27(16-14-26)22-18-6-2-3-7-19(18)29-25-22/h2-7,11H,8-10,12-16H2,1H3/t23-/m1/s1. The molecule has 0 amide bonds. The lowest BCUT2D eigenvalue weighted by molar-refractivity contribution is 0.0735. The zero-order valence-electron chi connectivity index (χ0n) is 16.8. The van der Waals surface area contributed by atoms with Crippen molar-refractivity contribution in [2.24, 2.45) is 5.41 Å². The molecule has 150 valence electrons. The molecule has 6 heteroatoms. The number of fused-ring (bicyclic) bond motifs is 2. The van der Waals surface area contributed by atoms with E-state index in [1.807, 2.05) is 30.3 Å². The minimum atomic E-state index is -0.305. The van der Waals surface area contributed by atoms with Gasteiger partial charge in [-0.2, -0.15) is 0 Å². The van der Waals surface area contributed by atoms with E-state index in [-0.39, 0.29) is 11.2 Å². The van der Waals surface area contributed by atoms with Gasteiger partial charge in [0.1, 0.15) is 5.69 Å². The summed E-state index contributed by atoms with van der Waals surface area (Å²) in [7, 11) is 0. The summed E-state index contributed by atoms with van der Waals surface area (Å²) < 4.78 is 5.46. The molecule has 1 saturated heterocycles. The number of aromatic nitrogens is 2. The number of ketones is 1. The number of anilines is 1. The Hall–Kier alpha value is -2.73. The van der Waals surface area contributed by atoms with Crippen LogP contribution in [0.25, 0.3) is 11.0 Å². The van der Waals surface area contributed by atoms with E-state index in [1.54, 1.807) is 6.20 Å². The highest BCUT2D eigenvalue weighted by atomic mass is 16.5. The molecule has 1 fully saturated rings. The number of rotatable bonds is 4. The molecule has 6 nitrogen and oxygen atoms in total. The van der Waals surface area contributed by atoms with Crippen molar-refractivity contribution in [1.29, 1.82) is 0 Å². The first kappa shape index (κ1) is 18.3. The lowest BCUT2D eigenvalue weighted by Gasteiger charge is -2.38. The average molecular weight is 390 g/mol. The summed E-state index contributed by atoms with van der Waals surface area (Å²) in [4.78, 5) is 22.2. The fraction of sp³-hybridized carbons (Fsp3) is 0.435. The number of benzene rings is 1. The Morgan fingerprint density at radius 3 is 2.79 bits per heavy atom. The third kappa shape index (κ3) is 3.31. The second-order valence-corrected chi connectivity index (χ2v) is 8.48. The first-order valence-electron chi connectivity index (χ1n) is 10.4. The Morgan fingerprint density at radius 1 is 1.10 bits per heavy atom. The van der Waals surface area contributed by atoms with Gasteiger partial charge >= 0.3 is 0 Å². The van der Waals surface area contributed by atoms with Gasteiger partial charge in [-0.25, -0.2) is 0 Å². The number of nitrogens with zero attached hydrogens (tertiary/aromatic N) is 4. The molecular weight excluding hydrogens is 364 g/mol. The molecule has 1 aromatic carbocycles. The highest BCUT2D eigenvalue weighted by Gasteiger charge is 2.39. The van der Waals surface area contributed by atoms with E-state index in [2.05, 4.69) is 32.9 Å². The molecule has 29 heavy (non-hydrogen) atoms. The molecule has 3 aromatic rings. The largest absolute Gasteiger partial charge is 0.354 e. The van der Waals surface area contributed by atoms with Gasteiger partial charge in [0.05, 0.1) is 5.39 Å². The molecular formula is C23H26N4O2. The number of para-hydroxylation sites is 1. The van der Waals surface area contributed by atoms with E-state index in [9.17, 15) is 4.79 Å². The molecule has 0 saturated carbocycles. The van der Waals surface area contributed by atoms with Crippen LogP contribution in [0.2, 0.25) is 0 Å². The second kappa shape index (κ2) is 7.26. The van der Waals surface area contributed by atoms with Crippen LogP contribution in [-0.4, -0.2) is 53.5 Å². The number of pyridine rings is 1. The number of hydrogen-bond donors (Lipinski definition) is 0. The Balaban J connectivity index is 1.20. The van der Waals surface area contributed by atoms with Crippen LogP contribution < -0.4 is 4.90 Å². The number of aryl methyl sites for hydroxylation is 1. The third-order valence-electron chi connectivity index (χ3n) is 6.61. The average Bonchev–Trinajstić information content (AvgIpc) is 3.20. The molecule has 0 unspecified atom stereocenters. The van der Waals surface area contributed by atoms with Gasteiger partial charge in [0.25, 0.3) is 0 Å². The van der Waals surface area contributed by atoms with E-state index in [0.717, 1.165) is 74.3 Å². The Bertz CT molecular complexity index is 1040. The summed E-state index contributed by atoms with van der Waals surface area (Å²) in [5.74, 6) is 1.16. The minimum absolute atomic E-state index is 0.215. The molecule has 0 spiro atoms. The zero-order chi connectivity index (χ0) is 19.8. The maximum Gasteiger partial charge on any atom is 0.187 e.